The van der Waals surface area contributed by atoms with Crippen molar-refractivity contribution in [3.05, 3.63) is 59.7 Å². The van der Waals surface area contributed by atoms with Gasteiger partial charge in [0, 0.05) is 29.8 Å². The van der Waals surface area contributed by atoms with Gasteiger partial charge >= 0.3 is 0 Å². The maximum atomic E-state index is 12.8. The summed E-state index contributed by atoms with van der Waals surface area (Å²) in [6.07, 6.45) is 3.16. The third-order valence-corrected chi connectivity index (χ3v) is 6.85. The van der Waals surface area contributed by atoms with Crippen LogP contribution < -0.4 is 15.4 Å². The molecule has 0 spiro atoms. The van der Waals surface area contributed by atoms with E-state index >= 15 is 0 Å². The predicted molar refractivity (Wildman–Crippen MR) is 126 cm³/mol. The van der Waals surface area contributed by atoms with E-state index in [-0.39, 0.29) is 23.8 Å². The minimum atomic E-state index is -0.0830. The summed E-state index contributed by atoms with van der Waals surface area (Å²) in [6, 6.07) is 15.6. The van der Waals surface area contributed by atoms with Gasteiger partial charge in [-0.2, -0.15) is 0 Å². The van der Waals surface area contributed by atoms with E-state index in [1.807, 2.05) is 12.1 Å². The predicted octanol–water partition coefficient (Wildman–Crippen LogP) is 4.10. The number of methoxy groups -OCH3 is 1. The van der Waals surface area contributed by atoms with Gasteiger partial charge < -0.3 is 15.4 Å². The third kappa shape index (κ3) is 5.13. The molecule has 6 nitrogen and oxygen atoms in total. The smallest absolute Gasteiger partial charge is 0.251 e. The van der Waals surface area contributed by atoms with Crippen LogP contribution in [0.15, 0.2) is 48.5 Å². The third-order valence-electron chi connectivity index (χ3n) is 6.85. The minimum absolute atomic E-state index is 0.0701. The highest BCUT2D eigenvalue weighted by atomic mass is 16.5. The number of carbonyl (C=O) groups excluding carboxylic acids is 2. The lowest BCUT2D eigenvalue weighted by Crippen LogP contribution is -2.41. The molecule has 1 aliphatic carbocycles. The molecule has 2 N–H and O–H groups in total. The molecule has 0 aromatic heterocycles. The van der Waals surface area contributed by atoms with E-state index in [0.717, 1.165) is 37.2 Å². The van der Waals surface area contributed by atoms with Crippen molar-refractivity contribution in [3.8, 4) is 5.75 Å². The van der Waals surface area contributed by atoms with Crippen LogP contribution in [0.1, 0.15) is 48.1 Å². The van der Waals surface area contributed by atoms with Crippen molar-refractivity contribution in [2.75, 3.05) is 32.6 Å². The standard InChI is InChI=1S/C26H33N3O3/c1-17-15-23(17)26(31)28-21-10-6-19(7-11-21)25(30)27-16-20-5-4-14-29(2)24(20)18-8-12-22(32-3)13-9-18/h6-13,17,20,23-24H,4-5,14-16H2,1-3H3,(H,27,30)(H,28,31). The quantitative estimate of drug-likeness (QED) is 0.687. The Labute approximate surface area is 190 Å². The van der Waals surface area contributed by atoms with Crippen LogP contribution in [0.3, 0.4) is 0 Å². The van der Waals surface area contributed by atoms with E-state index in [0.29, 0.717) is 23.9 Å². The molecule has 1 saturated carbocycles. The molecular formula is C26H33N3O3. The molecular weight excluding hydrogens is 402 g/mol. The van der Waals surface area contributed by atoms with E-state index in [2.05, 4.69) is 41.6 Å². The number of piperidine rings is 1. The van der Waals surface area contributed by atoms with Gasteiger partial charge in [0.2, 0.25) is 5.91 Å². The lowest BCUT2D eigenvalue weighted by molar-refractivity contribution is -0.117. The molecule has 4 rings (SSSR count). The monoisotopic (exact) mass is 435 g/mol. The van der Waals surface area contributed by atoms with Crippen LogP contribution in [0, 0.1) is 17.8 Å². The Kier molecular flexibility index (Phi) is 6.80. The van der Waals surface area contributed by atoms with Crippen molar-refractivity contribution in [2.24, 2.45) is 17.8 Å². The van der Waals surface area contributed by atoms with Crippen molar-refractivity contribution in [1.29, 1.82) is 0 Å². The number of benzene rings is 2. The number of nitrogens with one attached hydrogen (secondary N) is 2. The van der Waals surface area contributed by atoms with Gasteiger partial charge in [0.05, 0.1) is 7.11 Å². The molecule has 2 aromatic carbocycles. The Hall–Kier alpha value is -2.86. The average Bonchev–Trinajstić information content (AvgIpc) is 3.55. The van der Waals surface area contributed by atoms with Gasteiger partial charge in [-0.05, 0) is 86.7 Å². The number of hydrogen-bond donors (Lipinski definition) is 2. The van der Waals surface area contributed by atoms with Crippen molar-refractivity contribution < 1.29 is 14.3 Å². The van der Waals surface area contributed by atoms with Crippen molar-refractivity contribution in [2.45, 2.75) is 32.2 Å². The first-order valence-electron chi connectivity index (χ1n) is 11.5. The molecule has 1 heterocycles. The van der Waals surface area contributed by atoms with E-state index in [1.165, 1.54) is 5.56 Å². The number of nitrogens with zero attached hydrogens (tertiary/aromatic N) is 1. The number of carbonyl (C=O) groups is 2. The largest absolute Gasteiger partial charge is 0.497 e. The highest BCUT2D eigenvalue weighted by Gasteiger charge is 2.39. The summed E-state index contributed by atoms with van der Waals surface area (Å²) < 4.78 is 5.29. The Morgan fingerprint density at radius 1 is 1.09 bits per heavy atom. The zero-order valence-corrected chi connectivity index (χ0v) is 19.1. The molecule has 170 valence electrons. The van der Waals surface area contributed by atoms with Crippen molar-refractivity contribution in [3.63, 3.8) is 0 Å². The van der Waals surface area contributed by atoms with E-state index in [9.17, 15) is 9.59 Å². The topological polar surface area (TPSA) is 70.7 Å². The van der Waals surface area contributed by atoms with Gasteiger partial charge in [-0.3, -0.25) is 14.5 Å². The Morgan fingerprint density at radius 3 is 2.41 bits per heavy atom. The number of hydrogen-bond acceptors (Lipinski definition) is 4. The van der Waals surface area contributed by atoms with Crippen LogP contribution in [0.5, 0.6) is 5.75 Å². The molecule has 2 fully saturated rings. The molecule has 0 bridgehead atoms. The fourth-order valence-corrected chi connectivity index (χ4v) is 4.75. The summed E-state index contributed by atoms with van der Waals surface area (Å²) in [4.78, 5) is 27.2. The second-order valence-electron chi connectivity index (χ2n) is 9.20. The highest BCUT2D eigenvalue weighted by molar-refractivity contribution is 5.97. The minimum Gasteiger partial charge on any atom is -0.497 e. The first-order chi connectivity index (χ1) is 15.5. The molecule has 1 saturated heterocycles. The van der Waals surface area contributed by atoms with Crippen LogP contribution in [0.2, 0.25) is 0 Å². The average molecular weight is 436 g/mol. The lowest BCUT2D eigenvalue weighted by Gasteiger charge is -2.39. The second kappa shape index (κ2) is 9.74. The van der Waals surface area contributed by atoms with Crippen LogP contribution in [0.25, 0.3) is 0 Å². The number of rotatable bonds is 7. The molecule has 4 unspecified atom stereocenters. The fraction of sp³-hybridized carbons (Fsp3) is 0.462. The molecule has 32 heavy (non-hydrogen) atoms. The molecule has 4 atom stereocenters. The normalized spacial score (nSPS) is 25.1. The second-order valence-corrected chi connectivity index (χ2v) is 9.20. The summed E-state index contributed by atoms with van der Waals surface area (Å²) in [7, 11) is 3.83. The Balaban J connectivity index is 1.35. The van der Waals surface area contributed by atoms with Crippen molar-refractivity contribution >= 4 is 17.5 Å². The van der Waals surface area contributed by atoms with E-state index in [1.54, 1.807) is 31.4 Å². The summed E-state index contributed by atoms with van der Waals surface area (Å²) >= 11 is 0. The van der Waals surface area contributed by atoms with Gasteiger partial charge in [0.1, 0.15) is 5.75 Å². The SMILES string of the molecule is COc1ccc(C2C(CNC(=O)c3ccc(NC(=O)C4CC4C)cc3)CCCN2C)cc1. The Bertz CT molecular complexity index is 942. The number of ether oxygens (including phenoxy) is 1. The molecule has 0 radical (unpaired) electrons. The molecule has 2 aromatic rings. The van der Waals surface area contributed by atoms with Crippen LogP contribution in [0.4, 0.5) is 5.69 Å². The molecule has 1 aliphatic heterocycles. The maximum absolute atomic E-state index is 12.8. The van der Waals surface area contributed by atoms with Gasteiger partial charge in [-0.25, -0.2) is 0 Å². The number of anilines is 1. The highest BCUT2D eigenvalue weighted by Crippen LogP contribution is 2.38. The zero-order chi connectivity index (χ0) is 22.7. The Morgan fingerprint density at radius 2 is 1.78 bits per heavy atom. The summed E-state index contributed by atoms with van der Waals surface area (Å²) in [5.41, 5.74) is 2.59. The van der Waals surface area contributed by atoms with Gasteiger partial charge in [-0.1, -0.05) is 19.1 Å². The molecule has 2 aliphatic rings. The first kappa shape index (κ1) is 22.3. The fourth-order valence-electron chi connectivity index (χ4n) is 4.75. The van der Waals surface area contributed by atoms with Crippen LogP contribution >= 0.6 is 0 Å². The summed E-state index contributed by atoms with van der Waals surface area (Å²) in [5, 5.41) is 6.06. The van der Waals surface area contributed by atoms with Gasteiger partial charge in [-0.15, -0.1) is 0 Å². The molecule has 6 heteroatoms. The lowest BCUT2D eigenvalue weighted by atomic mass is 9.85. The number of likely N-dealkylation sites (tertiary alicyclic amines) is 1. The summed E-state index contributed by atoms with van der Waals surface area (Å²) in [6.45, 7) is 3.76. The van der Waals surface area contributed by atoms with Gasteiger partial charge in [0.25, 0.3) is 5.91 Å². The van der Waals surface area contributed by atoms with Crippen LogP contribution in [-0.2, 0) is 4.79 Å². The van der Waals surface area contributed by atoms with Crippen molar-refractivity contribution in [1.82, 2.24) is 10.2 Å². The summed E-state index contributed by atoms with van der Waals surface area (Å²) in [5.74, 6) is 1.78. The zero-order valence-electron chi connectivity index (χ0n) is 19.1. The molecule has 2 amide bonds. The van der Waals surface area contributed by atoms with E-state index < -0.39 is 0 Å². The van der Waals surface area contributed by atoms with Crippen LogP contribution in [-0.4, -0.2) is 44.0 Å². The first-order valence-corrected chi connectivity index (χ1v) is 11.5. The number of amides is 2. The maximum Gasteiger partial charge on any atom is 0.251 e. The van der Waals surface area contributed by atoms with E-state index in [4.69, 9.17) is 4.74 Å². The van der Waals surface area contributed by atoms with Gasteiger partial charge in [0.15, 0.2) is 0 Å².